The first-order chi connectivity index (χ1) is 11.7. The summed E-state index contributed by atoms with van der Waals surface area (Å²) in [5.41, 5.74) is 7.06. The summed E-state index contributed by atoms with van der Waals surface area (Å²) < 4.78 is 0. The molecule has 25 heavy (non-hydrogen) atoms. The van der Waals surface area contributed by atoms with Crippen LogP contribution in [-0.4, -0.2) is 14.8 Å². The maximum Gasteiger partial charge on any atom is 0.297 e. The Kier molecular flexibility index (Phi) is 5.45. The van der Waals surface area contributed by atoms with Gasteiger partial charge < -0.3 is 10.7 Å². The smallest absolute Gasteiger partial charge is 0.297 e. The Morgan fingerprint density at radius 1 is 1.00 bits per heavy atom. The molecular weight excluding hydrogens is 371 g/mol. The van der Waals surface area contributed by atoms with Crippen molar-refractivity contribution in [3.8, 4) is 0 Å². The minimum absolute atomic E-state index is 0.0338. The Balaban J connectivity index is 0.000000186. The summed E-state index contributed by atoms with van der Waals surface area (Å²) in [7, 11) is 0. The number of benzene rings is 2. The number of hydrogen-bond donors (Lipinski definition) is 2. The minimum atomic E-state index is -0.571. The predicted molar refractivity (Wildman–Crippen MR) is 97.2 cm³/mol. The fourth-order valence-corrected chi connectivity index (χ4v) is 2.58. The van der Waals surface area contributed by atoms with Crippen LogP contribution in [-0.2, 0) is 0 Å². The number of nitrogens with zero attached hydrogens (tertiary/aromatic N) is 2. The number of fused-ring (bicyclic) bond motifs is 1. The summed E-state index contributed by atoms with van der Waals surface area (Å²) in [6.45, 7) is 1.84. The van der Waals surface area contributed by atoms with Gasteiger partial charge in [0.2, 0.25) is 0 Å². The van der Waals surface area contributed by atoms with Crippen LogP contribution < -0.4 is 5.73 Å². The normalized spacial score (nSPS) is 10.2. The molecule has 3 N–H and O–H groups in total. The number of hydrogen-bond acceptors (Lipinski definition) is 5. The van der Waals surface area contributed by atoms with Gasteiger partial charge in [-0.1, -0.05) is 23.2 Å². The lowest BCUT2D eigenvalue weighted by molar-refractivity contribution is -0.384. The van der Waals surface area contributed by atoms with Gasteiger partial charge in [0.25, 0.3) is 11.4 Å². The average Bonchev–Trinajstić information content (AvgIpc) is 2.89. The number of nitrogen functional groups attached to an aromatic ring is 1. The highest BCUT2D eigenvalue weighted by Gasteiger charge is 2.18. The number of aromatic amines is 1. The SMILES string of the molecule is Cc1cc2c([N+](=O)[O-])c(Cl)ccc2[nH]1.Nc1ccc(Cl)c([N+](=O)[O-])c1. The zero-order chi connectivity index (χ0) is 18.7. The second kappa shape index (κ2) is 7.37. The van der Waals surface area contributed by atoms with Crippen LogP contribution in [0, 0.1) is 27.2 Å². The van der Waals surface area contributed by atoms with Crippen molar-refractivity contribution in [1.82, 2.24) is 4.98 Å². The largest absolute Gasteiger partial charge is 0.399 e. The number of nitrogens with one attached hydrogen (secondary N) is 1. The molecular formula is C15H12Cl2N4O4. The van der Waals surface area contributed by atoms with Gasteiger partial charge >= 0.3 is 0 Å². The number of nitro groups is 2. The number of nitro benzene ring substituents is 2. The van der Waals surface area contributed by atoms with Crippen molar-refractivity contribution in [2.75, 3.05) is 5.73 Å². The third-order valence-corrected chi connectivity index (χ3v) is 3.83. The minimum Gasteiger partial charge on any atom is -0.399 e. The van der Waals surface area contributed by atoms with E-state index in [-0.39, 0.29) is 21.4 Å². The summed E-state index contributed by atoms with van der Waals surface area (Å²) in [6, 6.07) is 9.11. The van der Waals surface area contributed by atoms with Gasteiger partial charge in [-0.15, -0.1) is 0 Å². The van der Waals surface area contributed by atoms with E-state index in [0.717, 1.165) is 11.2 Å². The number of aromatic nitrogens is 1. The van der Waals surface area contributed by atoms with Crippen LogP contribution in [0.15, 0.2) is 36.4 Å². The monoisotopic (exact) mass is 382 g/mol. The van der Waals surface area contributed by atoms with Crippen molar-refractivity contribution in [2.45, 2.75) is 6.92 Å². The van der Waals surface area contributed by atoms with Gasteiger partial charge in [-0.2, -0.15) is 0 Å². The van der Waals surface area contributed by atoms with E-state index in [1.807, 2.05) is 6.92 Å². The molecule has 0 atom stereocenters. The van der Waals surface area contributed by atoms with Crippen LogP contribution in [0.3, 0.4) is 0 Å². The maximum absolute atomic E-state index is 10.8. The molecule has 0 aliphatic rings. The lowest BCUT2D eigenvalue weighted by Gasteiger charge is -1.95. The van der Waals surface area contributed by atoms with E-state index in [1.54, 1.807) is 12.1 Å². The summed E-state index contributed by atoms with van der Waals surface area (Å²) >= 11 is 11.2. The fourth-order valence-electron chi connectivity index (χ4n) is 2.16. The van der Waals surface area contributed by atoms with Gasteiger partial charge in [0, 0.05) is 17.4 Å². The molecule has 1 heterocycles. The molecule has 1 aromatic heterocycles. The molecule has 0 aliphatic carbocycles. The summed E-state index contributed by atoms with van der Waals surface area (Å²) in [4.78, 5) is 23.0. The molecule has 3 aromatic rings. The van der Waals surface area contributed by atoms with Crippen molar-refractivity contribution in [3.63, 3.8) is 0 Å². The van der Waals surface area contributed by atoms with E-state index in [2.05, 4.69) is 4.98 Å². The van der Waals surface area contributed by atoms with Gasteiger partial charge in [0.15, 0.2) is 0 Å². The highest BCUT2D eigenvalue weighted by atomic mass is 35.5. The quantitative estimate of drug-likeness (QED) is 0.371. The first-order valence-corrected chi connectivity index (χ1v) is 7.58. The molecule has 0 spiro atoms. The van der Waals surface area contributed by atoms with Crippen LogP contribution in [0.2, 0.25) is 10.0 Å². The molecule has 3 rings (SSSR count). The zero-order valence-corrected chi connectivity index (χ0v) is 14.3. The molecule has 0 aliphatic heterocycles. The van der Waals surface area contributed by atoms with Gasteiger partial charge in [0.05, 0.1) is 20.7 Å². The van der Waals surface area contributed by atoms with Gasteiger partial charge in [-0.05, 0) is 37.3 Å². The average molecular weight is 383 g/mol. The van der Waals surface area contributed by atoms with E-state index in [1.165, 1.54) is 24.3 Å². The lowest BCUT2D eigenvalue weighted by atomic mass is 10.2. The van der Waals surface area contributed by atoms with Gasteiger partial charge in [-0.25, -0.2) is 0 Å². The molecule has 0 unspecified atom stereocenters. The van der Waals surface area contributed by atoms with E-state index in [4.69, 9.17) is 28.9 Å². The fraction of sp³-hybridized carbons (Fsp3) is 0.0667. The Labute approximate surface area is 151 Å². The molecule has 2 aromatic carbocycles. The second-order valence-corrected chi connectivity index (χ2v) is 5.85. The number of halogens is 2. The molecule has 0 saturated heterocycles. The Morgan fingerprint density at radius 3 is 2.20 bits per heavy atom. The standard InChI is InChI=1S/C9H7ClN2O2.C6H5ClN2O2/c1-5-4-6-8(11-5)3-2-7(10)9(6)12(13)14;7-5-2-1-4(8)3-6(5)9(10)11/h2-4,11H,1H3;1-3H,8H2. The molecule has 8 nitrogen and oxygen atoms in total. The van der Waals surface area contributed by atoms with Crippen molar-refractivity contribution < 1.29 is 9.85 Å². The molecule has 0 saturated carbocycles. The first kappa shape index (κ1) is 18.5. The van der Waals surface area contributed by atoms with Crippen LogP contribution in [0.4, 0.5) is 17.1 Å². The summed E-state index contributed by atoms with van der Waals surface area (Å²) in [5.74, 6) is 0. The predicted octanol–water partition coefficient (Wildman–Crippen LogP) is 4.87. The van der Waals surface area contributed by atoms with Crippen LogP contribution >= 0.6 is 23.2 Å². The molecule has 0 radical (unpaired) electrons. The maximum atomic E-state index is 10.8. The van der Waals surface area contributed by atoms with Crippen molar-refractivity contribution in [3.05, 3.63) is 72.4 Å². The number of nitrogens with two attached hydrogens (primary N) is 1. The van der Waals surface area contributed by atoms with Gasteiger partial charge in [0.1, 0.15) is 10.0 Å². The van der Waals surface area contributed by atoms with E-state index < -0.39 is 9.85 Å². The molecule has 0 amide bonds. The topological polar surface area (TPSA) is 128 Å². The zero-order valence-electron chi connectivity index (χ0n) is 12.8. The number of H-pyrrole nitrogens is 1. The summed E-state index contributed by atoms with van der Waals surface area (Å²) in [5, 5.41) is 21.8. The van der Waals surface area contributed by atoms with Crippen molar-refractivity contribution >= 4 is 51.2 Å². The van der Waals surface area contributed by atoms with Crippen LogP contribution in [0.5, 0.6) is 0 Å². The third-order valence-electron chi connectivity index (χ3n) is 3.21. The third kappa shape index (κ3) is 4.17. The van der Waals surface area contributed by atoms with Crippen LogP contribution in [0.25, 0.3) is 10.9 Å². The number of aryl methyl sites for hydroxylation is 1. The van der Waals surface area contributed by atoms with Crippen LogP contribution in [0.1, 0.15) is 5.69 Å². The van der Waals surface area contributed by atoms with Crippen molar-refractivity contribution in [2.24, 2.45) is 0 Å². The summed E-state index contributed by atoms with van der Waals surface area (Å²) in [6.07, 6.45) is 0. The Hall–Kier alpha value is -2.84. The highest BCUT2D eigenvalue weighted by molar-refractivity contribution is 6.34. The molecule has 0 fully saturated rings. The molecule has 10 heteroatoms. The number of anilines is 1. The van der Waals surface area contributed by atoms with E-state index in [0.29, 0.717) is 11.1 Å². The number of rotatable bonds is 2. The van der Waals surface area contributed by atoms with E-state index >= 15 is 0 Å². The second-order valence-electron chi connectivity index (χ2n) is 5.03. The van der Waals surface area contributed by atoms with Gasteiger partial charge in [-0.3, -0.25) is 20.2 Å². The lowest BCUT2D eigenvalue weighted by Crippen LogP contribution is -1.91. The van der Waals surface area contributed by atoms with Crippen molar-refractivity contribution in [1.29, 1.82) is 0 Å². The Bertz CT molecular complexity index is 972. The first-order valence-electron chi connectivity index (χ1n) is 6.82. The Morgan fingerprint density at radius 2 is 1.64 bits per heavy atom. The highest BCUT2D eigenvalue weighted by Crippen LogP contribution is 2.33. The molecule has 0 bridgehead atoms. The molecule has 130 valence electrons. The van der Waals surface area contributed by atoms with E-state index in [9.17, 15) is 20.2 Å².